The fourth-order valence-corrected chi connectivity index (χ4v) is 10.1. The van der Waals surface area contributed by atoms with Crippen molar-refractivity contribution in [3.8, 4) is 33.8 Å². The summed E-state index contributed by atoms with van der Waals surface area (Å²) in [6.07, 6.45) is 0.0849. The van der Waals surface area contributed by atoms with Gasteiger partial charge in [-0.05, 0) is 117 Å². The molecule has 2 unspecified atom stereocenters. The van der Waals surface area contributed by atoms with Crippen LogP contribution in [0.15, 0.2) is 152 Å². The second-order valence-electron chi connectivity index (χ2n) is 19.7. The van der Waals surface area contributed by atoms with Crippen LogP contribution in [0.4, 0.5) is 21.0 Å². The number of H-pyrrole nitrogens is 1. The molecule has 1 radical (unpaired) electrons. The van der Waals surface area contributed by atoms with Gasteiger partial charge in [0, 0.05) is 92.8 Å². The van der Waals surface area contributed by atoms with E-state index in [-0.39, 0.29) is 76.0 Å². The molecular weight excluding hydrogens is 1140 g/mol. The van der Waals surface area contributed by atoms with Gasteiger partial charge in [0.1, 0.15) is 43.0 Å². The number of methoxy groups -OCH3 is 1. The van der Waals surface area contributed by atoms with Gasteiger partial charge in [-0.2, -0.15) is 7.05 Å². The minimum absolute atomic E-state index is 0. The predicted molar refractivity (Wildman–Crippen MR) is 320 cm³/mol. The van der Waals surface area contributed by atoms with E-state index in [9.17, 15) is 29.1 Å². The number of nitrogens with zero attached hydrogens (tertiary/aromatic N) is 3. The molecule has 16 nitrogen and oxygen atoms in total. The average molecular weight is 1200 g/mol. The van der Waals surface area contributed by atoms with E-state index in [1.807, 2.05) is 89.8 Å². The zero-order valence-electron chi connectivity index (χ0n) is 46.8. The van der Waals surface area contributed by atoms with Crippen molar-refractivity contribution in [2.45, 2.75) is 51.7 Å². The molecule has 18 heteroatoms. The molecule has 82 heavy (non-hydrogen) atoms. The third kappa shape index (κ3) is 14.8. The maximum absolute atomic E-state index is 13.8. The predicted octanol–water partition coefficient (Wildman–Crippen LogP) is 12.3. The molecule has 0 saturated heterocycles. The molecule has 0 spiro atoms. The zero-order valence-corrected chi connectivity index (χ0v) is 50.4. The number of amides is 5. The number of phenolic OH excluding ortho intramolecular Hbond substituents is 1. The third-order valence-electron chi connectivity index (χ3n) is 13.9. The summed E-state index contributed by atoms with van der Waals surface area (Å²) in [4.78, 5) is 69.6. The molecule has 0 fully saturated rings. The van der Waals surface area contributed by atoms with E-state index in [0.29, 0.717) is 36.9 Å². The van der Waals surface area contributed by atoms with Gasteiger partial charge in [0.05, 0.1) is 7.11 Å². The summed E-state index contributed by atoms with van der Waals surface area (Å²) in [6.45, 7) is 7.19. The summed E-state index contributed by atoms with van der Waals surface area (Å²) in [6, 6.07) is 47.0. The molecule has 0 bridgehead atoms. The number of anilines is 2. The maximum atomic E-state index is 13.8. The fraction of sp³-hybridized carbons (Fsp3) is 0.266. The third-order valence-corrected chi connectivity index (χ3v) is 14.3. The first kappa shape index (κ1) is 61.9. The number of alkyl carbamates (subject to hydrolysis) is 1. The summed E-state index contributed by atoms with van der Waals surface area (Å²) in [5, 5.41) is 24.6. The number of benzene rings is 7. The number of fused-ring (bicyclic) bond motifs is 7. The van der Waals surface area contributed by atoms with Gasteiger partial charge in [-0.3, -0.25) is 14.4 Å². The molecule has 1 aliphatic heterocycles. The summed E-state index contributed by atoms with van der Waals surface area (Å²) in [7, 11) is 4.95. The Balaban J connectivity index is 0.000000226. The molecule has 2 heterocycles. The first-order valence-electron chi connectivity index (χ1n) is 26.9. The van der Waals surface area contributed by atoms with Gasteiger partial charge < -0.3 is 55.4 Å². The number of aromatic hydroxyl groups is 1. The number of nitrogens with one attached hydrogen (secondary N) is 4. The molecule has 5 amide bonds. The van der Waals surface area contributed by atoms with Crippen LogP contribution in [0.1, 0.15) is 71.8 Å². The zero-order chi connectivity index (χ0) is 57.6. The number of rotatable bonds is 16. The molecule has 10 rings (SSSR count). The molecule has 1 aliphatic carbocycles. The van der Waals surface area contributed by atoms with E-state index in [1.165, 1.54) is 18.2 Å². The standard InChI is InChI=1S/C32H36N5O6.C29H23ClN2O3.C3H8.Y/c1-21(30(39)36-23-14-12-22(13-15-23)19-43-32(41)37(3)17-16-33-2)35-29(38)18-34-31(40)42-20-28-26-10-6-4-8-24(26)25-9-5-7-11-27(25)28;1-35-21-10-11-25-18(12-21)13-26(31-25)29(34)32-16-19(15-30)28-23-5-3-2-4-22(23)24(14-27(28)32)17-6-8-20(33)9-7-17;1-3-2;/h4-15,21,28H,16-20H2,1-3H3,(H,34,40)(H,35,38)(H,36,39);2-14,19,31,33H,15-16H2,1H3;3H2,1-2H3;/q-1;;;. The normalized spacial score (nSPS) is 13.1. The Morgan fingerprint density at radius 2 is 1.46 bits per heavy atom. The van der Waals surface area contributed by atoms with Crippen molar-refractivity contribution >= 4 is 74.6 Å². The van der Waals surface area contributed by atoms with Crippen molar-refractivity contribution in [2.75, 3.05) is 70.1 Å². The number of hydrogen-bond acceptors (Lipinski definition) is 9. The van der Waals surface area contributed by atoms with Crippen LogP contribution in [0.2, 0.25) is 0 Å². The van der Waals surface area contributed by atoms with Gasteiger partial charge in [0.15, 0.2) is 0 Å². The van der Waals surface area contributed by atoms with Crippen molar-refractivity contribution in [3.63, 3.8) is 0 Å². The van der Waals surface area contributed by atoms with Crippen molar-refractivity contribution in [1.82, 2.24) is 20.5 Å². The molecule has 0 saturated carbocycles. The smallest absolute Gasteiger partial charge is 0.409 e. The fourth-order valence-electron chi connectivity index (χ4n) is 9.83. The number of ether oxygens (including phenoxy) is 3. The second-order valence-corrected chi connectivity index (χ2v) is 20.0. The molecule has 423 valence electrons. The molecule has 2 atom stereocenters. The average Bonchev–Trinajstić information content (AvgIpc) is 4.26. The van der Waals surface area contributed by atoms with Gasteiger partial charge >= 0.3 is 12.2 Å². The number of carbonyl (C=O) groups excluding carboxylic acids is 5. The van der Waals surface area contributed by atoms with Crippen LogP contribution in [0.3, 0.4) is 0 Å². The van der Waals surface area contributed by atoms with E-state index < -0.39 is 30.0 Å². The van der Waals surface area contributed by atoms with Crippen LogP contribution in [-0.2, 0) is 58.4 Å². The van der Waals surface area contributed by atoms with Crippen molar-refractivity contribution in [2.24, 2.45) is 0 Å². The summed E-state index contributed by atoms with van der Waals surface area (Å²) >= 11 is 6.44. The molecule has 1 aromatic heterocycles. The van der Waals surface area contributed by atoms with Crippen molar-refractivity contribution in [3.05, 3.63) is 185 Å². The van der Waals surface area contributed by atoms with E-state index >= 15 is 0 Å². The number of halogens is 1. The van der Waals surface area contributed by atoms with E-state index in [4.69, 9.17) is 25.8 Å². The molecular formula is C64H67ClN7O9Y-. The SMILES string of the molecule is CCC.COc1ccc2[nH]c(C(=O)N3CC(CCl)c4c3cc(-c3ccc(O)cc3)c3ccccc43)cc2c1.C[N-]CCN(C)C(=O)OCc1ccc(NC(=O)C(C)NC(=O)CNC(=O)OCC2c3ccccc3-c3ccccc32)cc1.[Y]. The largest absolute Gasteiger partial charge is 0.664 e. The number of aromatic nitrogens is 1. The number of carbonyl (C=O) groups is 5. The summed E-state index contributed by atoms with van der Waals surface area (Å²) < 4.78 is 16.0. The Morgan fingerprint density at radius 3 is 2.11 bits per heavy atom. The van der Waals surface area contributed by atoms with Gasteiger partial charge in [-0.25, -0.2) is 9.59 Å². The van der Waals surface area contributed by atoms with Crippen LogP contribution >= 0.6 is 11.6 Å². The van der Waals surface area contributed by atoms with Crippen LogP contribution in [0.5, 0.6) is 11.5 Å². The minimum Gasteiger partial charge on any atom is -0.664 e. The van der Waals surface area contributed by atoms with E-state index in [2.05, 4.69) is 70.4 Å². The molecule has 5 N–H and O–H groups in total. The number of phenols is 1. The summed E-state index contributed by atoms with van der Waals surface area (Å²) in [5.41, 5.74) is 11.1. The Bertz CT molecular complexity index is 3480. The maximum Gasteiger partial charge on any atom is 0.409 e. The molecule has 8 aromatic rings. The molecule has 7 aromatic carbocycles. The Hall–Kier alpha value is -7.76. The van der Waals surface area contributed by atoms with Crippen LogP contribution < -0.4 is 25.6 Å². The number of alkyl halides is 1. The number of likely N-dealkylation sites (N-methyl/N-ethyl adjacent to an activating group) is 2. The monoisotopic (exact) mass is 1200 g/mol. The van der Waals surface area contributed by atoms with Gasteiger partial charge in [0.2, 0.25) is 11.8 Å². The van der Waals surface area contributed by atoms with Gasteiger partial charge in [-0.15, -0.1) is 18.1 Å². The molecule has 2 aliphatic rings. The van der Waals surface area contributed by atoms with Gasteiger partial charge in [-0.1, -0.05) is 117 Å². The quantitative estimate of drug-likeness (QED) is 0.0583. The second kappa shape index (κ2) is 29.3. The van der Waals surface area contributed by atoms with E-state index in [0.717, 1.165) is 77.6 Å². The minimum atomic E-state index is -0.858. The van der Waals surface area contributed by atoms with Gasteiger partial charge in [0.25, 0.3) is 5.91 Å². The Kier molecular flexibility index (Phi) is 22.1. The van der Waals surface area contributed by atoms with Crippen LogP contribution in [-0.4, -0.2) is 111 Å². The summed E-state index contributed by atoms with van der Waals surface area (Å²) in [5.74, 6) is 0.252. The van der Waals surface area contributed by atoms with Crippen LogP contribution in [0, 0.1) is 0 Å². The first-order valence-corrected chi connectivity index (χ1v) is 27.4. The Morgan fingerprint density at radius 1 is 0.817 bits per heavy atom. The van der Waals surface area contributed by atoms with Crippen molar-refractivity contribution in [1.29, 1.82) is 0 Å². The number of aromatic amines is 1. The Labute approximate surface area is 508 Å². The number of hydrogen-bond donors (Lipinski definition) is 5. The van der Waals surface area contributed by atoms with Crippen molar-refractivity contribution < 1.29 is 76.0 Å². The first-order chi connectivity index (χ1) is 39.2. The topological polar surface area (TPSA) is 206 Å². The van der Waals surface area contributed by atoms with E-state index in [1.54, 1.807) is 57.6 Å². The van der Waals surface area contributed by atoms with Crippen LogP contribution in [0.25, 0.3) is 49.2 Å².